The number of hydrogen-bond acceptors (Lipinski definition) is 4. The Hall–Kier alpha value is -1.70. The van der Waals surface area contributed by atoms with Crippen molar-refractivity contribution >= 4 is 21.4 Å². The molecule has 4 nitrogen and oxygen atoms in total. The van der Waals surface area contributed by atoms with Crippen molar-refractivity contribution in [1.29, 1.82) is 0 Å². The summed E-state index contributed by atoms with van der Waals surface area (Å²) >= 11 is 5.92. The molecule has 2 aromatic carbocycles. The SMILES string of the molecule is CC[C@@H]1[C@H](O)CC[C@@]2(S(=O)(=O)c3ccc(Cl)cc3)c3c(F)ccc(F)c3OC[C@@H]12. The van der Waals surface area contributed by atoms with Gasteiger partial charge < -0.3 is 9.84 Å². The van der Waals surface area contributed by atoms with Crippen molar-refractivity contribution in [2.24, 2.45) is 11.8 Å². The van der Waals surface area contributed by atoms with E-state index in [1.807, 2.05) is 6.92 Å². The molecule has 0 radical (unpaired) electrons. The predicted molar refractivity (Wildman–Crippen MR) is 105 cm³/mol. The van der Waals surface area contributed by atoms with E-state index in [1.54, 1.807) is 0 Å². The van der Waals surface area contributed by atoms with E-state index in [2.05, 4.69) is 0 Å². The first-order chi connectivity index (χ1) is 13.7. The summed E-state index contributed by atoms with van der Waals surface area (Å²) in [6.07, 6.45) is -0.117. The van der Waals surface area contributed by atoms with Gasteiger partial charge in [0.1, 0.15) is 10.6 Å². The van der Waals surface area contributed by atoms with Gasteiger partial charge in [0.2, 0.25) is 0 Å². The molecule has 2 aliphatic rings. The maximum atomic E-state index is 15.1. The monoisotopic (exact) mass is 442 g/mol. The molecule has 1 fully saturated rings. The first kappa shape index (κ1) is 20.6. The van der Waals surface area contributed by atoms with Crippen LogP contribution >= 0.6 is 11.6 Å². The molecule has 1 aliphatic carbocycles. The zero-order chi connectivity index (χ0) is 21.0. The minimum absolute atomic E-state index is 0.0188. The third-order valence-corrected chi connectivity index (χ3v) is 9.20. The van der Waals surface area contributed by atoms with E-state index in [1.165, 1.54) is 24.3 Å². The van der Waals surface area contributed by atoms with Gasteiger partial charge in [-0.2, -0.15) is 0 Å². The van der Waals surface area contributed by atoms with Gasteiger partial charge in [0, 0.05) is 10.9 Å². The molecule has 2 aromatic rings. The molecular formula is C21H21ClF2O4S. The second-order valence-corrected chi connectivity index (χ2v) is 10.3. The molecule has 0 unspecified atom stereocenters. The van der Waals surface area contributed by atoms with Gasteiger partial charge in [-0.1, -0.05) is 24.9 Å². The summed E-state index contributed by atoms with van der Waals surface area (Å²) in [5.74, 6) is -3.13. The Kier molecular flexibility index (Phi) is 5.12. The highest BCUT2D eigenvalue weighted by atomic mass is 35.5. The fourth-order valence-electron chi connectivity index (χ4n) is 5.03. The van der Waals surface area contributed by atoms with E-state index in [-0.39, 0.29) is 35.7 Å². The first-order valence-electron chi connectivity index (χ1n) is 9.53. The van der Waals surface area contributed by atoms with Crippen LogP contribution in [0.25, 0.3) is 0 Å². The summed E-state index contributed by atoms with van der Waals surface area (Å²) in [5.41, 5.74) is -0.269. The average Bonchev–Trinajstić information content (AvgIpc) is 2.70. The maximum Gasteiger partial charge on any atom is 0.188 e. The summed E-state index contributed by atoms with van der Waals surface area (Å²) in [6, 6.07) is 7.54. The molecule has 0 saturated heterocycles. The number of aliphatic hydroxyl groups is 1. The van der Waals surface area contributed by atoms with Gasteiger partial charge in [0.15, 0.2) is 21.4 Å². The van der Waals surface area contributed by atoms with Crippen LogP contribution in [0.2, 0.25) is 5.02 Å². The fraction of sp³-hybridized carbons (Fsp3) is 0.429. The third-order valence-electron chi connectivity index (χ3n) is 6.39. The largest absolute Gasteiger partial charge is 0.490 e. The van der Waals surface area contributed by atoms with Crippen LogP contribution in [0.3, 0.4) is 0 Å². The molecule has 8 heteroatoms. The number of ether oxygens (including phenoxy) is 1. The Morgan fingerprint density at radius 1 is 1.17 bits per heavy atom. The normalized spacial score (nSPS) is 28.9. The minimum Gasteiger partial charge on any atom is -0.490 e. The number of rotatable bonds is 3. The molecule has 0 bridgehead atoms. The molecule has 1 heterocycles. The van der Waals surface area contributed by atoms with Crippen molar-refractivity contribution in [2.45, 2.75) is 41.9 Å². The van der Waals surface area contributed by atoms with E-state index in [4.69, 9.17) is 16.3 Å². The van der Waals surface area contributed by atoms with E-state index in [0.717, 1.165) is 12.1 Å². The van der Waals surface area contributed by atoms with Gasteiger partial charge in [-0.25, -0.2) is 17.2 Å². The highest BCUT2D eigenvalue weighted by Crippen LogP contribution is 2.58. The molecule has 1 N–H and O–H groups in total. The second-order valence-electron chi connectivity index (χ2n) is 7.68. The van der Waals surface area contributed by atoms with Crippen LogP contribution in [0.15, 0.2) is 41.3 Å². The highest BCUT2D eigenvalue weighted by molar-refractivity contribution is 7.92. The molecule has 0 aromatic heterocycles. The number of aliphatic hydroxyl groups excluding tert-OH is 1. The average molecular weight is 443 g/mol. The molecule has 156 valence electrons. The highest BCUT2D eigenvalue weighted by Gasteiger charge is 2.62. The van der Waals surface area contributed by atoms with Gasteiger partial charge in [-0.15, -0.1) is 0 Å². The summed E-state index contributed by atoms with van der Waals surface area (Å²) in [6.45, 7) is 1.73. The van der Waals surface area contributed by atoms with Crippen LogP contribution in [-0.2, 0) is 14.6 Å². The Balaban J connectivity index is 2.04. The van der Waals surface area contributed by atoms with Crippen molar-refractivity contribution in [1.82, 2.24) is 0 Å². The zero-order valence-corrected chi connectivity index (χ0v) is 17.3. The molecule has 1 saturated carbocycles. The van der Waals surface area contributed by atoms with Gasteiger partial charge in [0.05, 0.1) is 23.2 Å². The van der Waals surface area contributed by atoms with Crippen molar-refractivity contribution in [3.63, 3.8) is 0 Å². The number of hydrogen-bond donors (Lipinski definition) is 1. The smallest absolute Gasteiger partial charge is 0.188 e. The second kappa shape index (κ2) is 7.22. The summed E-state index contributed by atoms with van der Waals surface area (Å²) in [4.78, 5) is -0.0188. The van der Waals surface area contributed by atoms with Gasteiger partial charge in [-0.3, -0.25) is 0 Å². The van der Waals surface area contributed by atoms with Gasteiger partial charge in [0.25, 0.3) is 0 Å². The maximum absolute atomic E-state index is 15.1. The van der Waals surface area contributed by atoms with Gasteiger partial charge in [-0.05, 0) is 55.2 Å². The minimum atomic E-state index is -4.18. The van der Waals surface area contributed by atoms with Crippen molar-refractivity contribution in [3.05, 3.63) is 58.6 Å². The lowest BCUT2D eigenvalue weighted by Crippen LogP contribution is -2.57. The molecule has 1 aliphatic heterocycles. The quantitative estimate of drug-likeness (QED) is 0.761. The molecule has 0 spiro atoms. The van der Waals surface area contributed by atoms with Crippen LogP contribution in [-0.4, -0.2) is 26.2 Å². The van der Waals surface area contributed by atoms with Crippen molar-refractivity contribution < 1.29 is 27.0 Å². The molecule has 4 rings (SSSR count). The molecule has 4 atom stereocenters. The Bertz CT molecular complexity index is 1040. The van der Waals surface area contributed by atoms with Crippen LogP contribution < -0.4 is 4.74 Å². The summed E-state index contributed by atoms with van der Waals surface area (Å²) < 4.78 is 61.4. The molecular weight excluding hydrogens is 422 g/mol. The number of halogens is 3. The van der Waals surface area contributed by atoms with Crippen LogP contribution in [0, 0.1) is 23.5 Å². The third kappa shape index (κ3) is 2.89. The van der Waals surface area contributed by atoms with E-state index >= 15 is 4.39 Å². The van der Waals surface area contributed by atoms with Crippen LogP contribution in [0.1, 0.15) is 31.7 Å². The van der Waals surface area contributed by atoms with Gasteiger partial charge >= 0.3 is 0 Å². The number of benzene rings is 2. The summed E-state index contributed by atoms with van der Waals surface area (Å²) in [5, 5.41) is 10.9. The molecule has 29 heavy (non-hydrogen) atoms. The van der Waals surface area contributed by atoms with E-state index in [9.17, 15) is 17.9 Å². The lowest BCUT2D eigenvalue weighted by Gasteiger charge is -2.51. The first-order valence-corrected chi connectivity index (χ1v) is 11.4. The zero-order valence-electron chi connectivity index (χ0n) is 15.7. The van der Waals surface area contributed by atoms with Crippen molar-refractivity contribution in [3.8, 4) is 5.75 Å². The lowest BCUT2D eigenvalue weighted by molar-refractivity contribution is -0.0219. The predicted octanol–water partition coefficient (Wildman–Crippen LogP) is 4.48. The van der Waals surface area contributed by atoms with E-state index < -0.39 is 44.2 Å². The fourth-order valence-corrected chi connectivity index (χ4v) is 7.56. The van der Waals surface area contributed by atoms with E-state index in [0.29, 0.717) is 11.4 Å². The van der Waals surface area contributed by atoms with Crippen LogP contribution in [0.5, 0.6) is 5.75 Å². The molecule has 0 amide bonds. The Morgan fingerprint density at radius 3 is 2.48 bits per heavy atom. The topological polar surface area (TPSA) is 63.6 Å². The number of sulfone groups is 1. The van der Waals surface area contributed by atoms with Crippen molar-refractivity contribution in [2.75, 3.05) is 6.61 Å². The summed E-state index contributed by atoms with van der Waals surface area (Å²) in [7, 11) is -4.18. The standard InChI is InChI=1S/C21H21ClF2O4S/c1-2-14-15-11-28-20-17(24)8-7-16(23)19(20)21(15,10-9-18(14)25)29(26,27)13-5-3-12(22)4-6-13/h3-8,14-15,18,25H,2,9-11H2,1H3/t14-,15-,18+,21-/m0/s1. The Morgan fingerprint density at radius 2 is 1.83 bits per heavy atom. The number of fused-ring (bicyclic) bond motifs is 3. The Labute approximate surface area is 173 Å². The lowest BCUT2D eigenvalue weighted by atomic mass is 9.65. The van der Waals surface area contributed by atoms with Crippen LogP contribution in [0.4, 0.5) is 8.78 Å².